The van der Waals surface area contributed by atoms with Crippen LogP contribution in [0.25, 0.3) is 5.65 Å². The van der Waals surface area contributed by atoms with Gasteiger partial charge >= 0.3 is 11.7 Å². The molecule has 0 radical (unpaired) electrons. The second kappa shape index (κ2) is 7.63. The van der Waals surface area contributed by atoms with E-state index in [1.165, 1.54) is 9.08 Å². The van der Waals surface area contributed by atoms with Gasteiger partial charge in [0.1, 0.15) is 0 Å². The molecule has 0 aliphatic heterocycles. The second-order valence-electron chi connectivity index (χ2n) is 5.53. The molecule has 1 aromatic carbocycles. The predicted octanol–water partition coefficient (Wildman–Crippen LogP) is 1.05. The third-order valence-corrected chi connectivity index (χ3v) is 3.63. The molecule has 2 heterocycles. The molecule has 0 bridgehead atoms. The molecule has 3 rings (SSSR count). The van der Waals surface area contributed by atoms with Gasteiger partial charge in [-0.25, -0.2) is 14.3 Å². The summed E-state index contributed by atoms with van der Waals surface area (Å²) in [5, 5.41) is 18.4. The van der Waals surface area contributed by atoms with Crippen molar-refractivity contribution >= 4 is 17.4 Å². The molecule has 0 fully saturated rings. The molecule has 2 aromatic heterocycles. The van der Waals surface area contributed by atoms with Gasteiger partial charge in [-0.1, -0.05) is 18.2 Å². The maximum absolute atomic E-state index is 12.3. The zero-order chi connectivity index (χ0) is 17.6. The Balaban J connectivity index is 1.72. The molecular weight excluding hydrogens is 322 g/mol. The van der Waals surface area contributed by atoms with Crippen LogP contribution in [0.15, 0.2) is 53.5 Å². The fourth-order valence-electron chi connectivity index (χ4n) is 2.45. The minimum Gasteiger partial charge on any atom is -0.396 e. The Kier molecular flexibility index (Phi) is 5.10. The number of hydrogen-bond acceptors (Lipinski definition) is 4. The summed E-state index contributed by atoms with van der Waals surface area (Å²) in [7, 11) is 0. The Hall–Kier alpha value is -3.13. The lowest BCUT2D eigenvalue weighted by atomic mass is 10.2. The van der Waals surface area contributed by atoms with E-state index in [1.54, 1.807) is 36.5 Å². The quantitative estimate of drug-likeness (QED) is 0.583. The highest BCUT2D eigenvalue weighted by Crippen LogP contribution is 2.11. The van der Waals surface area contributed by atoms with Crippen molar-refractivity contribution in [3.8, 4) is 0 Å². The molecule has 2 amide bonds. The van der Waals surface area contributed by atoms with E-state index in [0.29, 0.717) is 30.8 Å². The van der Waals surface area contributed by atoms with E-state index in [4.69, 9.17) is 5.11 Å². The highest BCUT2D eigenvalue weighted by molar-refractivity contribution is 5.89. The molecule has 130 valence electrons. The molecule has 0 unspecified atom stereocenters. The third kappa shape index (κ3) is 4.04. The highest BCUT2D eigenvalue weighted by Gasteiger charge is 2.07. The van der Waals surface area contributed by atoms with Gasteiger partial charge in [0, 0.05) is 25.0 Å². The van der Waals surface area contributed by atoms with Gasteiger partial charge in [-0.05, 0) is 36.2 Å². The normalized spacial score (nSPS) is 10.8. The van der Waals surface area contributed by atoms with Crippen molar-refractivity contribution < 1.29 is 9.90 Å². The lowest BCUT2D eigenvalue weighted by Crippen LogP contribution is -2.30. The van der Waals surface area contributed by atoms with Crippen LogP contribution in [0.4, 0.5) is 10.5 Å². The Morgan fingerprint density at radius 1 is 1.20 bits per heavy atom. The van der Waals surface area contributed by atoms with Gasteiger partial charge in [-0.3, -0.25) is 4.40 Å². The summed E-state index contributed by atoms with van der Waals surface area (Å²) in [5.74, 6) is 0. The van der Waals surface area contributed by atoms with Crippen molar-refractivity contribution in [3.05, 3.63) is 64.7 Å². The van der Waals surface area contributed by atoms with Crippen LogP contribution in [0.3, 0.4) is 0 Å². The first-order valence-corrected chi connectivity index (χ1v) is 7.96. The molecule has 25 heavy (non-hydrogen) atoms. The molecule has 3 aromatic rings. The number of rotatable bonds is 6. The number of carbonyl (C=O) groups is 1. The fraction of sp³-hybridized carbons (Fsp3) is 0.235. The molecular formula is C17H19N5O3. The van der Waals surface area contributed by atoms with E-state index in [-0.39, 0.29) is 18.3 Å². The SMILES string of the molecule is O=C(NCCCO)Nc1cccc(Cn2nc3ccccn3c2=O)c1. The van der Waals surface area contributed by atoms with E-state index in [9.17, 15) is 9.59 Å². The third-order valence-electron chi connectivity index (χ3n) is 3.63. The maximum Gasteiger partial charge on any atom is 0.350 e. The minimum atomic E-state index is -0.338. The van der Waals surface area contributed by atoms with Gasteiger partial charge < -0.3 is 15.7 Å². The molecule has 3 N–H and O–H groups in total. The van der Waals surface area contributed by atoms with Gasteiger partial charge in [-0.15, -0.1) is 5.10 Å². The van der Waals surface area contributed by atoms with E-state index < -0.39 is 0 Å². The summed E-state index contributed by atoms with van der Waals surface area (Å²) in [5.41, 5.74) is 1.84. The Labute approximate surface area is 143 Å². The number of anilines is 1. The number of hydrogen-bond donors (Lipinski definition) is 3. The number of benzene rings is 1. The van der Waals surface area contributed by atoms with Crippen molar-refractivity contribution in [1.82, 2.24) is 19.5 Å². The number of aromatic nitrogens is 3. The topological polar surface area (TPSA) is 101 Å². The van der Waals surface area contributed by atoms with Crippen LogP contribution in [0, 0.1) is 0 Å². The summed E-state index contributed by atoms with van der Waals surface area (Å²) >= 11 is 0. The van der Waals surface area contributed by atoms with Crippen molar-refractivity contribution in [2.45, 2.75) is 13.0 Å². The van der Waals surface area contributed by atoms with Gasteiger partial charge in [-0.2, -0.15) is 0 Å². The molecule has 0 aliphatic rings. The first kappa shape index (κ1) is 16.7. The van der Waals surface area contributed by atoms with Gasteiger partial charge in [0.2, 0.25) is 0 Å². The van der Waals surface area contributed by atoms with Gasteiger partial charge in [0.25, 0.3) is 0 Å². The summed E-state index contributed by atoms with van der Waals surface area (Å²) < 4.78 is 2.87. The van der Waals surface area contributed by atoms with E-state index >= 15 is 0 Å². The van der Waals surface area contributed by atoms with Gasteiger partial charge in [0.15, 0.2) is 5.65 Å². The predicted molar refractivity (Wildman–Crippen MR) is 93.7 cm³/mol. The van der Waals surface area contributed by atoms with Crippen LogP contribution in [-0.2, 0) is 6.54 Å². The highest BCUT2D eigenvalue weighted by atomic mass is 16.3. The number of fused-ring (bicyclic) bond motifs is 1. The lowest BCUT2D eigenvalue weighted by molar-refractivity contribution is 0.249. The summed E-state index contributed by atoms with van der Waals surface area (Å²) in [6.45, 7) is 0.740. The lowest BCUT2D eigenvalue weighted by Gasteiger charge is -2.08. The molecule has 0 spiro atoms. The van der Waals surface area contributed by atoms with Gasteiger partial charge in [0.05, 0.1) is 6.54 Å². The smallest absolute Gasteiger partial charge is 0.350 e. The first-order valence-electron chi connectivity index (χ1n) is 7.96. The van der Waals surface area contributed by atoms with Crippen molar-refractivity contribution in [3.63, 3.8) is 0 Å². The largest absolute Gasteiger partial charge is 0.396 e. The molecule has 0 saturated heterocycles. The Bertz CT molecular complexity index is 931. The van der Waals surface area contributed by atoms with Crippen LogP contribution in [0.1, 0.15) is 12.0 Å². The number of aliphatic hydroxyl groups excluding tert-OH is 1. The standard InChI is InChI=1S/C17H19N5O3/c23-10-4-8-18-16(24)19-14-6-3-5-13(11-14)12-22-17(25)21-9-2-1-7-15(21)20-22/h1-3,5-7,9,11,23H,4,8,10,12H2,(H2,18,19,24). The summed E-state index contributed by atoms with van der Waals surface area (Å²) in [6.07, 6.45) is 2.18. The van der Waals surface area contributed by atoms with Crippen LogP contribution in [0.2, 0.25) is 0 Å². The average Bonchev–Trinajstić information content (AvgIpc) is 2.92. The van der Waals surface area contributed by atoms with E-state index in [0.717, 1.165) is 5.56 Å². The van der Waals surface area contributed by atoms with Crippen molar-refractivity contribution in [2.75, 3.05) is 18.5 Å². The molecule has 0 aliphatic carbocycles. The van der Waals surface area contributed by atoms with E-state index in [2.05, 4.69) is 15.7 Å². The van der Waals surface area contributed by atoms with Crippen LogP contribution >= 0.6 is 0 Å². The molecule has 0 saturated carbocycles. The molecule has 8 nitrogen and oxygen atoms in total. The van der Waals surface area contributed by atoms with E-state index in [1.807, 2.05) is 12.1 Å². The van der Waals surface area contributed by atoms with Crippen LogP contribution in [0.5, 0.6) is 0 Å². The first-order chi connectivity index (χ1) is 12.2. The zero-order valence-electron chi connectivity index (χ0n) is 13.6. The van der Waals surface area contributed by atoms with Crippen LogP contribution < -0.4 is 16.3 Å². The summed E-state index contributed by atoms with van der Waals surface area (Å²) in [4.78, 5) is 24.1. The molecule has 0 atom stereocenters. The average molecular weight is 341 g/mol. The minimum absolute atomic E-state index is 0.0313. The number of nitrogens with zero attached hydrogens (tertiary/aromatic N) is 3. The second-order valence-corrected chi connectivity index (χ2v) is 5.53. The summed E-state index contributed by atoms with van der Waals surface area (Å²) in [6, 6.07) is 12.3. The maximum atomic E-state index is 12.3. The number of urea groups is 1. The fourth-order valence-corrected chi connectivity index (χ4v) is 2.45. The van der Waals surface area contributed by atoms with Crippen LogP contribution in [-0.4, -0.2) is 38.5 Å². The Morgan fingerprint density at radius 3 is 2.88 bits per heavy atom. The molecule has 8 heteroatoms. The number of pyridine rings is 1. The number of aliphatic hydroxyl groups is 1. The monoisotopic (exact) mass is 341 g/mol. The van der Waals surface area contributed by atoms with Crippen molar-refractivity contribution in [1.29, 1.82) is 0 Å². The number of nitrogens with one attached hydrogen (secondary N) is 2. The van der Waals surface area contributed by atoms with Crippen molar-refractivity contribution in [2.24, 2.45) is 0 Å². The number of amides is 2. The zero-order valence-corrected chi connectivity index (χ0v) is 13.6. The number of carbonyl (C=O) groups excluding carboxylic acids is 1. The Morgan fingerprint density at radius 2 is 2.08 bits per heavy atom.